The van der Waals surface area contributed by atoms with Crippen molar-refractivity contribution in [1.82, 2.24) is 20.1 Å². The molecule has 25 heavy (non-hydrogen) atoms. The number of amides is 1. The minimum Gasteiger partial charge on any atom is -0.376 e. The van der Waals surface area contributed by atoms with E-state index in [4.69, 9.17) is 4.74 Å². The molecule has 1 fully saturated rings. The molecule has 1 saturated heterocycles. The van der Waals surface area contributed by atoms with Gasteiger partial charge in [-0.2, -0.15) is 0 Å². The van der Waals surface area contributed by atoms with Crippen molar-refractivity contribution in [1.29, 1.82) is 0 Å². The number of carbonyl (C=O) groups excluding carboxylic acids is 1. The fourth-order valence-electron chi connectivity index (χ4n) is 2.92. The van der Waals surface area contributed by atoms with Crippen molar-refractivity contribution in [3.05, 3.63) is 35.7 Å². The molecule has 1 aliphatic rings. The minimum absolute atomic E-state index is 0.00400. The average molecular weight is 360 g/mol. The topological polar surface area (TPSA) is 69.0 Å². The van der Waals surface area contributed by atoms with Crippen molar-refractivity contribution >= 4 is 17.7 Å². The van der Waals surface area contributed by atoms with Crippen LogP contribution in [0.4, 0.5) is 0 Å². The van der Waals surface area contributed by atoms with Crippen molar-refractivity contribution in [3.63, 3.8) is 0 Å². The number of thioether (sulfide) groups is 1. The molecule has 1 amide bonds. The molecule has 1 N–H and O–H groups in total. The number of hydrogen-bond acceptors (Lipinski definition) is 5. The van der Waals surface area contributed by atoms with Gasteiger partial charge in [0, 0.05) is 13.2 Å². The molecule has 2 heterocycles. The summed E-state index contributed by atoms with van der Waals surface area (Å²) >= 11 is 1.41. The number of nitrogens with one attached hydrogen (secondary N) is 1. The summed E-state index contributed by atoms with van der Waals surface area (Å²) in [7, 11) is 0. The molecule has 0 aliphatic carbocycles. The van der Waals surface area contributed by atoms with Gasteiger partial charge in [-0.15, -0.1) is 10.2 Å². The van der Waals surface area contributed by atoms with E-state index in [0.29, 0.717) is 11.7 Å². The lowest BCUT2D eigenvalue weighted by Gasteiger charge is -2.15. The van der Waals surface area contributed by atoms with Crippen LogP contribution < -0.4 is 5.32 Å². The van der Waals surface area contributed by atoms with Gasteiger partial charge < -0.3 is 10.1 Å². The van der Waals surface area contributed by atoms with Crippen molar-refractivity contribution in [2.24, 2.45) is 0 Å². The molecule has 2 aromatic rings. The summed E-state index contributed by atoms with van der Waals surface area (Å²) in [5, 5.41) is 11.6. The lowest BCUT2D eigenvalue weighted by atomic mass is 10.1. The SMILES string of the molecule is Cc1ccc(-n2cnnc2SC(C)C(=O)NCC2CCCO2)c(C)c1. The standard InChI is InChI=1S/C18H24N4O2S/c1-12-6-7-16(13(2)9-12)22-11-20-21-18(22)25-14(3)17(23)19-10-15-5-4-8-24-15/h6-7,9,11,14-15H,4-5,8,10H2,1-3H3,(H,19,23). The Labute approximate surface area is 152 Å². The molecule has 2 atom stereocenters. The van der Waals surface area contributed by atoms with E-state index in [1.54, 1.807) is 6.33 Å². The van der Waals surface area contributed by atoms with Gasteiger partial charge in [-0.1, -0.05) is 29.5 Å². The van der Waals surface area contributed by atoms with E-state index >= 15 is 0 Å². The van der Waals surface area contributed by atoms with E-state index in [1.807, 2.05) is 11.5 Å². The Morgan fingerprint density at radius 3 is 3.04 bits per heavy atom. The maximum atomic E-state index is 12.3. The highest BCUT2D eigenvalue weighted by atomic mass is 32.2. The lowest BCUT2D eigenvalue weighted by Crippen LogP contribution is -2.36. The molecule has 0 saturated carbocycles. The fraction of sp³-hybridized carbons (Fsp3) is 0.500. The van der Waals surface area contributed by atoms with Crippen molar-refractivity contribution < 1.29 is 9.53 Å². The largest absolute Gasteiger partial charge is 0.376 e. The van der Waals surface area contributed by atoms with Crippen LogP contribution in [0, 0.1) is 13.8 Å². The van der Waals surface area contributed by atoms with Gasteiger partial charge in [0.1, 0.15) is 6.33 Å². The smallest absolute Gasteiger partial charge is 0.233 e. The zero-order valence-electron chi connectivity index (χ0n) is 14.9. The second kappa shape index (κ2) is 8.01. The maximum absolute atomic E-state index is 12.3. The summed E-state index contributed by atoms with van der Waals surface area (Å²) in [5.41, 5.74) is 3.40. The van der Waals surface area contributed by atoms with E-state index in [2.05, 4.69) is 47.6 Å². The number of benzene rings is 1. The number of nitrogens with zero attached hydrogens (tertiary/aromatic N) is 3. The highest BCUT2D eigenvalue weighted by Crippen LogP contribution is 2.25. The van der Waals surface area contributed by atoms with Crippen LogP contribution >= 0.6 is 11.8 Å². The van der Waals surface area contributed by atoms with Gasteiger partial charge in [0.2, 0.25) is 5.91 Å². The van der Waals surface area contributed by atoms with Gasteiger partial charge in [0.15, 0.2) is 5.16 Å². The van der Waals surface area contributed by atoms with E-state index in [0.717, 1.165) is 30.7 Å². The predicted octanol–water partition coefficient (Wildman–Crippen LogP) is 2.66. The Bertz CT molecular complexity index is 740. The second-order valence-electron chi connectivity index (χ2n) is 6.41. The van der Waals surface area contributed by atoms with Crippen molar-refractivity contribution in [2.45, 2.75) is 50.1 Å². The average Bonchev–Trinajstić information content (AvgIpc) is 3.24. The van der Waals surface area contributed by atoms with Crippen LogP contribution in [-0.4, -0.2) is 45.2 Å². The van der Waals surface area contributed by atoms with Crippen LogP contribution in [0.25, 0.3) is 5.69 Å². The van der Waals surface area contributed by atoms with Crippen molar-refractivity contribution in [2.75, 3.05) is 13.2 Å². The maximum Gasteiger partial charge on any atom is 0.233 e. The van der Waals surface area contributed by atoms with Crippen LogP contribution in [-0.2, 0) is 9.53 Å². The molecule has 1 aromatic heterocycles. The van der Waals surface area contributed by atoms with E-state index < -0.39 is 0 Å². The molecule has 7 heteroatoms. The summed E-state index contributed by atoms with van der Waals surface area (Å²) in [6.07, 6.45) is 3.93. The highest BCUT2D eigenvalue weighted by molar-refractivity contribution is 8.00. The molecule has 0 spiro atoms. The second-order valence-corrected chi connectivity index (χ2v) is 7.72. The molecule has 0 bridgehead atoms. The van der Waals surface area contributed by atoms with Crippen molar-refractivity contribution in [3.8, 4) is 5.69 Å². The van der Waals surface area contributed by atoms with E-state index in [9.17, 15) is 4.79 Å². The Hall–Kier alpha value is -1.86. The zero-order chi connectivity index (χ0) is 17.8. The number of carbonyl (C=O) groups is 1. The Balaban J connectivity index is 1.64. The number of aromatic nitrogens is 3. The third kappa shape index (κ3) is 4.41. The first kappa shape index (κ1) is 17.9. The van der Waals surface area contributed by atoms with Gasteiger partial charge in [-0.05, 0) is 45.2 Å². The number of ether oxygens (including phenoxy) is 1. The lowest BCUT2D eigenvalue weighted by molar-refractivity contribution is -0.120. The highest BCUT2D eigenvalue weighted by Gasteiger charge is 2.21. The third-order valence-electron chi connectivity index (χ3n) is 4.31. The van der Waals surface area contributed by atoms with Crippen LogP contribution in [0.5, 0.6) is 0 Å². The predicted molar refractivity (Wildman–Crippen MR) is 98.1 cm³/mol. The van der Waals surface area contributed by atoms with Gasteiger partial charge in [0.25, 0.3) is 0 Å². The number of rotatable bonds is 6. The quantitative estimate of drug-likeness (QED) is 0.802. The minimum atomic E-state index is -0.255. The Kier molecular flexibility index (Phi) is 5.75. The molecule has 0 radical (unpaired) electrons. The van der Waals surface area contributed by atoms with Gasteiger partial charge >= 0.3 is 0 Å². The normalized spacial score (nSPS) is 18.3. The zero-order valence-corrected chi connectivity index (χ0v) is 15.7. The molecular formula is C18H24N4O2S. The van der Waals surface area contributed by atoms with E-state index in [1.165, 1.54) is 17.3 Å². The van der Waals surface area contributed by atoms with Crippen LogP contribution in [0.1, 0.15) is 30.9 Å². The molecule has 134 valence electrons. The summed E-state index contributed by atoms with van der Waals surface area (Å²) < 4.78 is 7.47. The molecule has 1 aromatic carbocycles. The number of hydrogen-bond donors (Lipinski definition) is 1. The van der Waals surface area contributed by atoms with Crippen LogP contribution in [0.15, 0.2) is 29.7 Å². The Morgan fingerprint density at radius 2 is 2.32 bits per heavy atom. The van der Waals surface area contributed by atoms with Gasteiger partial charge in [-0.3, -0.25) is 9.36 Å². The molecule has 3 rings (SSSR count). The fourth-order valence-corrected chi connectivity index (χ4v) is 3.78. The van der Waals surface area contributed by atoms with Crippen LogP contribution in [0.2, 0.25) is 0 Å². The molecule has 1 aliphatic heterocycles. The van der Waals surface area contributed by atoms with Gasteiger partial charge in [-0.25, -0.2) is 0 Å². The summed E-state index contributed by atoms with van der Waals surface area (Å²) in [4.78, 5) is 12.3. The summed E-state index contributed by atoms with van der Waals surface area (Å²) in [6.45, 7) is 7.39. The first-order valence-electron chi connectivity index (χ1n) is 8.58. The Morgan fingerprint density at radius 1 is 1.48 bits per heavy atom. The third-order valence-corrected chi connectivity index (χ3v) is 5.36. The summed E-state index contributed by atoms with van der Waals surface area (Å²) in [6, 6.07) is 6.25. The van der Waals surface area contributed by atoms with Gasteiger partial charge in [0.05, 0.1) is 17.0 Å². The first-order valence-corrected chi connectivity index (χ1v) is 9.46. The van der Waals surface area contributed by atoms with Crippen LogP contribution in [0.3, 0.4) is 0 Å². The summed E-state index contributed by atoms with van der Waals surface area (Å²) in [5.74, 6) is -0.00400. The molecular weight excluding hydrogens is 336 g/mol. The monoisotopic (exact) mass is 360 g/mol. The number of aryl methyl sites for hydroxylation is 2. The van der Waals surface area contributed by atoms with E-state index in [-0.39, 0.29) is 17.3 Å². The first-order chi connectivity index (χ1) is 12.0. The molecule has 2 unspecified atom stereocenters. The molecule has 6 nitrogen and oxygen atoms in total.